The van der Waals surface area contributed by atoms with Crippen LogP contribution in [0.3, 0.4) is 0 Å². The largest absolute Gasteiger partial charge is 0.466 e. The van der Waals surface area contributed by atoms with Gasteiger partial charge in [0.15, 0.2) is 11.6 Å². The van der Waals surface area contributed by atoms with Crippen molar-refractivity contribution in [1.82, 2.24) is 9.97 Å². The van der Waals surface area contributed by atoms with E-state index in [0.717, 1.165) is 0 Å². The summed E-state index contributed by atoms with van der Waals surface area (Å²) >= 11 is 0. The first-order valence-electron chi connectivity index (χ1n) is 6.93. The number of anilines is 1. The van der Waals surface area contributed by atoms with Gasteiger partial charge in [-0.2, -0.15) is 0 Å². The summed E-state index contributed by atoms with van der Waals surface area (Å²) in [5.41, 5.74) is -0.195. The average Bonchev–Trinajstić information content (AvgIpc) is 2.83. The maximum absolute atomic E-state index is 14.2. The van der Waals surface area contributed by atoms with Gasteiger partial charge in [0.1, 0.15) is 6.33 Å². The van der Waals surface area contributed by atoms with Crippen molar-refractivity contribution < 1.29 is 13.9 Å². The fourth-order valence-corrected chi connectivity index (χ4v) is 2.48. The quantitative estimate of drug-likeness (QED) is 0.790. The third-order valence-electron chi connectivity index (χ3n) is 3.72. The molecule has 6 heteroatoms. The molecule has 0 aliphatic carbocycles. The fraction of sp³-hybridized carbons (Fsp3) is 0.643. The Kier molecular flexibility index (Phi) is 4.20. The third-order valence-corrected chi connectivity index (χ3v) is 3.72. The fourth-order valence-electron chi connectivity index (χ4n) is 2.48. The Labute approximate surface area is 118 Å². The summed E-state index contributed by atoms with van der Waals surface area (Å²) in [7, 11) is 0. The molecule has 2 rings (SSSR count). The number of halogens is 1. The highest BCUT2D eigenvalue weighted by Crippen LogP contribution is 2.34. The SMILES string of the molecule is CCOC(=O)C1(C)CCN(c2ncnc(CC)c2F)C1. The summed E-state index contributed by atoms with van der Waals surface area (Å²) in [6, 6.07) is 0. The first kappa shape index (κ1) is 14.7. The number of nitrogens with zero attached hydrogens (tertiary/aromatic N) is 3. The number of carbonyl (C=O) groups excluding carboxylic acids is 1. The molecule has 0 amide bonds. The van der Waals surface area contributed by atoms with E-state index < -0.39 is 5.41 Å². The van der Waals surface area contributed by atoms with Crippen LogP contribution in [-0.2, 0) is 16.0 Å². The molecule has 1 aliphatic heterocycles. The number of aryl methyl sites for hydroxylation is 1. The molecule has 0 bridgehead atoms. The normalized spacial score (nSPS) is 22.1. The second-order valence-electron chi connectivity index (χ2n) is 5.26. The molecular weight excluding hydrogens is 261 g/mol. The Hall–Kier alpha value is -1.72. The van der Waals surface area contributed by atoms with Crippen LogP contribution in [0.4, 0.5) is 10.2 Å². The van der Waals surface area contributed by atoms with E-state index in [1.54, 1.807) is 11.8 Å². The van der Waals surface area contributed by atoms with Gasteiger partial charge in [-0.05, 0) is 26.7 Å². The molecule has 1 saturated heterocycles. The summed E-state index contributed by atoms with van der Waals surface area (Å²) in [5.74, 6) is -0.333. The Morgan fingerprint density at radius 2 is 2.25 bits per heavy atom. The van der Waals surface area contributed by atoms with Gasteiger partial charge in [0.05, 0.1) is 17.7 Å². The lowest BCUT2D eigenvalue weighted by Crippen LogP contribution is -2.34. The molecule has 20 heavy (non-hydrogen) atoms. The van der Waals surface area contributed by atoms with Gasteiger partial charge in [0.25, 0.3) is 0 Å². The number of hydrogen-bond donors (Lipinski definition) is 0. The van der Waals surface area contributed by atoms with Gasteiger partial charge in [0.2, 0.25) is 0 Å². The van der Waals surface area contributed by atoms with Crippen molar-refractivity contribution in [2.75, 3.05) is 24.6 Å². The standard InChI is InChI=1S/C14H20FN3O2/c1-4-10-11(15)12(17-9-16-10)18-7-6-14(3,8-18)13(19)20-5-2/h9H,4-8H2,1-3H3. The summed E-state index contributed by atoms with van der Waals surface area (Å²) in [6.45, 7) is 6.85. The van der Waals surface area contributed by atoms with E-state index in [9.17, 15) is 9.18 Å². The summed E-state index contributed by atoms with van der Waals surface area (Å²) in [4.78, 5) is 21.7. The molecule has 1 atom stereocenters. The van der Waals surface area contributed by atoms with E-state index in [-0.39, 0.29) is 17.6 Å². The second-order valence-corrected chi connectivity index (χ2v) is 5.26. The minimum Gasteiger partial charge on any atom is -0.466 e. The van der Waals surface area contributed by atoms with Crippen molar-refractivity contribution in [3.05, 3.63) is 17.8 Å². The van der Waals surface area contributed by atoms with Gasteiger partial charge in [-0.3, -0.25) is 4.79 Å². The highest BCUT2D eigenvalue weighted by atomic mass is 19.1. The molecule has 0 saturated carbocycles. The van der Waals surface area contributed by atoms with Gasteiger partial charge in [-0.1, -0.05) is 6.92 Å². The minimum atomic E-state index is -0.597. The van der Waals surface area contributed by atoms with Crippen molar-refractivity contribution in [1.29, 1.82) is 0 Å². The van der Waals surface area contributed by atoms with Gasteiger partial charge < -0.3 is 9.64 Å². The van der Waals surface area contributed by atoms with Crippen LogP contribution in [0.2, 0.25) is 0 Å². The number of hydrogen-bond acceptors (Lipinski definition) is 5. The highest BCUT2D eigenvalue weighted by Gasteiger charge is 2.42. The molecule has 0 spiro atoms. The first-order valence-corrected chi connectivity index (χ1v) is 6.93. The molecule has 5 nitrogen and oxygen atoms in total. The van der Waals surface area contributed by atoms with Crippen molar-refractivity contribution in [3.63, 3.8) is 0 Å². The van der Waals surface area contributed by atoms with Crippen molar-refractivity contribution in [3.8, 4) is 0 Å². The Morgan fingerprint density at radius 1 is 1.50 bits per heavy atom. The molecule has 110 valence electrons. The monoisotopic (exact) mass is 281 g/mol. The number of rotatable bonds is 4. The summed E-state index contributed by atoms with van der Waals surface area (Å²) in [6.07, 6.45) is 2.53. The predicted molar refractivity (Wildman–Crippen MR) is 72.9 cm³/mol. The van der Waals surface area contributed by atoms with Crippen LogP contribution in [0, 0.1) is 11.2 Å². The average molecular weight is 281 g/mol. The Morgan fingerprint density at radius 3 is 2.90 bits per heavy atom. The van der Waals surface area contributed by atoms with E-state index in [1.807, 2.05) is 13.8 Å². The van der Waals surface area contributed by atoms with Crippen LogP contribution in [0.15, 0.2) is 6.33 Å². The molecular formula is C14H20FN3O2. The highest BCUT2D eigenvalue weighted by molar-refractivity contribution is 5.78. The molecule has 0 N–H and O–H groups in total. The van der Waals surface area contributed by atoms with Crippen molar-refractivity contribution >= 4 is 11.8 Å². The number of esters is 1. The molecule has 1 aliphatic rings. The topological polar surface area (TPSA) is 55.3 Å². The van der Waals surface area contributed by atoms with E-state index in [1.165, 1.54) is 6.33 Å². The number of ether oxygens (including phenoxy) is 1. The molecule has 2 heterocycles. The van der Waals surface area contributed by atoms with Crippen LogP contribution in [0.5, 0.6) is 0 Å². The molecule has 1 fully saturated rings. The van der Waals surface area contributed by atoms with Crippen LogP contribution in [-0.4, -0.2) is 35.6 Å². The Bertz CT molecular complexity index is 509. The maximum Gasteiger partial charge on any atom is 0.313 e. The summed E-state index contributed by atoms with van der Waals surface area (Å²) in [5, 5.41) is 0. The van der Waals surface area contributed by atoms with Gasteiger partial charge in [0, 0.05) is 13.1 Å². The lowest BCUT2D eigenvalue weighted by Gasteiger charge is -2.23. The zero-order chi connectivity index (χ0) is 14.8. The smallest absolute Gasteiger partial charge is 0.313 e. The zero-order valence-corrected chi connectivity index (χ0v) is 12.1. The van der Waals surface area contributed by atoms with E-state index in [2.05, 4.69) is 9.97 Å². The van der Waals surface area contributed by atoms with Gasteiger partial charge >= 0.3 is 5.97 Å². The predicted octanol–water partition coefficient (Wildman–Crippen LogP) is 1.96. The zero-order valence-electron chi connectivity index (χ0n) is 12.1. The van der Waals surface area contributed by atoms with Gasteiger partial charge in [-0.25, -0.2) is 14.4 Å². The van der Waals surface area contributed by atoms with Gasteiger partial charge in [-0.15, -0.1) is 0 Å². The third kappa shape index (κ3) is 2.59. The van der Waals surface area contributed by atoms with Crippen LogP contribution >= 0.6 is 0 Å². The van der Waals surface area contributed by atoms with E-state index in [0.29, 0.717) is 38.2 Å². The van der Waals surface area contributed by atoms with Crippen LogP contribution < -0.4 is 4.90 Å². The van der Waals surface area contributed by atoms with Crippen molar-refractivity contribution in [2.24, 2.45) is 5.41 Å². The lowest BCUT2D eigenvalue weighted by atomic mass is 9.90. The van der Waals surface area contributed by atoms with Crippen molar-refractivity contribution in [2.45, 2.75) is 33.6 Å². The minimum absolute atomic E-state index is 0.229. The number of carbonyl (C=O) groups is 1. The van der Waals surface area contributed by atoms with Crippen LogP contribution in [0.25, 0.3) is 0 Å². The second kappa shape index (κ2) is 5.73. The molecule has 1 aromatic rings. The van der Waals surface area contributed by atoms with Crippen LogP contribution in [0.1, 0.15) is 32.9 Å². The molecule has 1 aromatic heterocycles. The maximum atomic E-state index is 14.2. The Balaban J connectivity index is 2.19. The van der Waals surface area contributed by atoms with E-state index in [4.69, 9.17) is 4.74 Å². The molecule has 0 radical (unpaired) electrons. The molecule has 0 aromatic carbocycles. The summed E-state index contributed by atoms with van der Waals surface area (Å²) < 4.78 is 19.3. The number of aromatic nitrogens is 2. The molecule has 1 unspecified atom stereocenters. The first-order chi connectivity index (χ1) is 9.51. The lowest BCUT2D eigenvalue weighted by molar-refractivity contribution is -0.153. The van der Waals surface area contributed by atoms with E-state index >= 15 is 0 Å².